The van der Waals surface area contributed by atoms with E-state index in [1.165, 1.54) is 27.8 Å². The largest absolute Gasteiger partial charge is 0.457 e. The number of hydrogen-bond donors (Lipinski definition) is 0. The van der Waals surface area contributed by atoms with E-state index in [1.54, 1.807) is 0 Å². The summed E-state index contributed by atoms with van der Waals surface area (Å²) in [6.07, 6.45) is 1.93. The van der Waals surface area contributed by atoms with Gasteiger partial charge in [0, 0.05) is 23.1 Å². The lowest BCUT2D eigenvalue weighted by molar-refractivity contribution is 0.481. The van der Waals surface area contributed by atoms with Gasteiger partial charge in [0.1, 0.15) is 11.5 Å². The van der Waals surface area contributed by atoms with Crippen molar-refractivity contribution >= 4 is 17.1 Å². The molecule has 0 unspecified atom stereocenters. The Morgan fingerprint density at radius 3 is 1.66 bits per heavy atom. The van der Waals surface area contributed by atoms with Gasteiger partial charge in [0.15, 0.2) is 0 Å². The highest BCUT2D eigenvalue weighted by Crippen LogP contribution is 2.59. The predicted octanol–water partition coefficient (Wildman–Crippen LogP) is 14.3. The molecule has 0 spiro atoms. The van der Waals surface area contributed by atoms with Crippen LogP contribution in [-0.4, -0.2) is 9.97 Å². The van der Waals surface area contributed by atoms with Crippen molar-refractivity contribution in [2.45, 2.75) is 90.9 Å². The number of rotatable bonds is 6. The molecule has 0 N–H and O–H groups in total. The number of aryl methyl sites for hydroxylation is 1. The van der Waals surface area contributed by atoms with E-state index in [4.69, 9.17) is 14.7 Å². The molecule has 0 bridgehead atoms. The Bertz CT molecular complexity index is 2540. The maximum Gasteiger partial charge on any atom is 0.128 e. The molecular formula is C54H55N3O. The molecule has 2 aromatic heterocycles. The van der Waals surface area contributed by atoms with E-state index >= 15 is 0 Å². The van der Waals surface area contributed by atoms with E-state index in [9.17, 15) is 0 Å². The molecule has 8 rings (SSSR count). The van der Waals surface area contributed by atoms with Crippen LogP contribution in [0.2, 0.25) is 0 Å². The van der Waals surface area contributed by atoms with Gasteiger partial charge in [0.25, 0.3) is 0 Å². The first-order valence-electron chi connectivity index (χ1n) is 20.5. The molecule has 0 atom stereocenters. The van der Waals surface area contributed by atoms with Crippen molar-refractivity contribution in [1.29, 1.82) is 0 Å². The number of hydrogen-bond acceptors (Lipinski definition) is 4. The van der Waals surface area contributed by atoms with Crippen molar-refractivity contribution in [3.63, 3.8) is 0 Å². The summed E-state index contributed by atoms with van der Waals surface area (Å²) < 4.78 is 6.79. The van der Waals surface area contributed by atoms with E-state index in [0.29, 0.717) is 0 Å². The molecule has 0 saturated heterocycles. The molecule has 3 heterocycles. The fourth-order valence-electron chi connectivity index (χ4n) is 8.33. The average Bonchev–Trinajstić information content (AvgIpc) is 3.19. The number of benzene rings is 5. The first-order chi connectivity index (χ1) is 27.5. The molecule has 0 saturated carbocycles. The summed E-state index contributed by atoms with van der Waals surface area (Å²) in [7, 11) is 0. The van der Waals surface area contributed by atoms with Crippen molar-refractivity contribution in [3.8, 4) is 22.8 Å². The number of ether oxygens (including phenoxy) is 1. The Balaban J connectivity index is 1.41. The second-order valence-corrected chi connectivity index (χ2v) is 18.9. The van der Waals surface area contributed by atoms with Crippen LogP contribution < -0.4 is 9.64 Å². The SMILES string of the molecule is Cc1cccc(-c2cccc(Oc3cccc(C4(c5ccccn5)c5cc(C(C)(C)C)ccc5N(c5ccc(C(C)(C)C)cc5)c5ccc(C(C)(C)C)cc54)c3)c2)n1. The third-order valence-corrected chi connectivity index (χ3v) is 11.6. The lowest BCUT2D eigenvalue weighted by Gasteiger charge is -2.47. The predicted molar refractivity (Wildman–Crippen MR) is 241 cm³/mol. The van der Waals surface area contributed by atoms with E-state index in [2.05, 4.69) is 176 Å². The Labute approximate surface area is 345 Å². The van der Waals surface area contributed by atoms with Crippen molar-refractivity contribution < 1.29 is 4.74 Å². The number of nitrogens with zero attached hydrogens (tertiary/aromatic N) is 3. The van der Waals surface area contributed by atoms with Crippen LogP contribution in [0.3, 0.4) is 0 Å². The lowest BCUT2D eigenvalue weighted by Crippen LogP contribution is -2.39. The molecular weight excluding hydrogens is 707 g/mol. The topological polar surface area (TPSA) is 38.2 Å². The first-order valence-corrected chi connectivity index (χ1v) is 20.5. The summed E-state index contributed by atoms with van der Waals surface area (Å²) in [5, 5.41) is 0. The normalized spacial score (nSPS) is 13.8. The van der Waals surface area contributed by atoms with Gasteiger partial charge in [0.05, 0.1) is 28.2 Å². The van der Waals surface area contributed by atoms with Crippen molar-refractivity contribution in [2.24, 2.45) is 0 Å². The molecule has 0 amide bonds. The van der Waals surface area contributed by atoms with E-state index in [-0.39, 0.29) is 16.2 Å². The third-order valence-electron chi connectivity index (χ3n) is 11.6. The molecule has 4 heteroatoms. The second kappa shape index (κ2) is 14.4. The van der Waals surface area contributed by atoms with Crippen LogP contribution in [-0.2, 0) is 21.7 Å². The summed E-state index contributed by atoms with van der Waals surface area (Å²) in [5.74, 6) is 1.51. The minimum Gasteiger partial charge on any atom is -0.457 e. The smallest absolute Gasteiger partial charge is 0.128 e. The molecule has 1 aliphatic heterocycles. The lowest BCUT2D eigenvalue weighted by atomic mass is 9.62. The summed E-state index contributed by atoms with van der Waals surface area (Å²) in [6.45, 7) is 22.6. The van der Waals surface area contributed by atoms with Gasteiger partial charge in [-0.05, 0) is 129 Å². The van der Waals surface area contributed by atoms with Gasteiger partial charge in [-0.3, -0.25) is 9.97 Å². The van der Waals surface area contributed by atoms with E-state index in [0.717, 1.165) is 56.8 Å². The van der Waals surface area contributed by atoms with Crippen LogP contribution in [0.15, 0.2) is 152 Å². The Morgan fingerprint density at radius 1 is 0.517 bits per heavy atom. The van der Waals surface area contributed by atoms with Crippen LogP contribution in [0.5, 0.6) is 11.5 Å². The van der Waals surface area contributed by atoms with Crippen LogP contribution in [0.1, 0.15) is 107 Å². The summed E-state index contributed by atoms with van der Waals surface area (Å²) in [5.41, 5.74) is 13.6. The highest BCUT2D eigenvalue weighted by atomic mass is 16.5. The Morgan fingerprint density at radius 2 is 1.09 bits per heavy atom. The highest BCUT2D eigenvalue weighted by molar-refractivity contribution is 5.90. The molecule has 1 aliphatic rings. The molecule has 292 valence electrons. The molecule has 0 radical (unpaired) electrons. The molecule has 0 fully saturated rings. The van der Waals surface area contributed by atoms with Crippen molar-refractivity contribution in [2.75, 3.05) is 4.90 Å². The van der Waals surface area contributed by atoms with E-state index < -0.39 is 5.41 Å². The molecule has 58 heavy (non-hydrogen) atoms. The van der Waals surface area contributed by atoms with E-state index in [1.807, 2.05) is 49.5 Å². The minimum atomic E-state index is -0.803. The Hall–Kier alpha value is -6.00. The zero-order chi connectivity index (χ0) is 41.0. The van der Waals surface area contributed by atoms with Gasteiger partial charge in [-0.1, -0.05) is 135 Å². The standard InChI is InChI=1S/C54H55N3O/c1-36-16-13-21-47(56-36)37-17-14-19-43(32-37)58-44-20-15-18-41(33-44)54(50-22-11-12-31-55-50)45-34-39(52(5,6)7)25-29-48(45)57(42-27-23-38(24-28-42)51(2,3)4)49-30-26-40(35-46(49)54)53(8,9)10/h11-35H,1-10H3. The summed E-state index contributed by atoms with van der Waals surface area (Å²) >= 11 is 0. The van der Waals surface area contributed by atoms with Crippen LogP contribution in [0, 0.1) is 6.92 Å². The van der Waals surface area contributed by atoms with Crippen LogP contribution in [0.25, 0.3) is 11.3 Å². The third kappa shape index (κ3) is 7.10. The summed E-state index contributed by atoms with van der Waals surface area (Å²) in [6, 6.07) is 52.6. The van der Waals surface area contributed by atoms with Crippen LogP contribution in [0.4, 0.5) is 17.1 Å². The number of anilines is 3. The Kier molecular flexibility index (Phi) is 9.67. The molecule has 7 aromatic rings. The van der Waals surface area contributed by atoms with Gasteiger partial charge in [-0.15, -0.1) is 0 Å². The average molecular weight is 762 g/mol. The monoisotopic (exact) mass is 761 g/mol. The van der Waals surface area contributed by atoms with Gasteiger partial charge >= 0.3 is 0 Å². The number of pyridine rings is 2. The second-order valence-electron chi connectivity index (χ2n) is 18.9. The molecule has 5 aromatic carbocycles. The zero-order valence-electron chi connectivity index (χ0n) is 35.7. The van der Waals surface area contributed by atoms with Gasteiger partial charge in [0.2, 0.25) is 0 Å². The van der Waals surface area contributed by atoms with Crippen molar-refractivity contribution in [1.82, 2.24) is 9.97 Å². The fraction of sp³-hybridized carbons (Fsp3) is 0.259. The van der Waals surface area contributed by atoms with Gasteiger partial charge in [-0.2, -0.15) is 0 Å². The van der Waals surface area contributed by atoms with Crippen LogP contribution >= 0.6 is 0 Å². The minimum absolute atomic E-state index is 0.0411. The molecule has 0 aliphatic carbocycles. The first kappa shape index (κ1) is 38.9. The number of fused-ring (bicyclic) bond motifs is 2. The quantitative estimate of drug-likeness (QED) is 0.169. The van der Waals surface area contributed by atoms with Crippen molar-refractivity contribution in [3.05, 3.63) is 197 Å². The molecule has 4 nitrogen and oxygen atoms in total. The fourth-order valence-corrected chi connectivity index (χ4v) is 8.33. The van der Waals surface area contributed by atoms with Gasteiger partial charge in [-0.25, -0.2) is 0 Å². The summed E-state index contributed by atoms with van der Waals surface area (Å²) in [4.78, 5) is 12.5. The number of aromatic nitrogens is 2. The zero-order valence-corrected chi connectivity index (χ0v) is 35.7. The maximum absolute atomic E-state index is 6.79. The van der Waals surface area contributed by atoms with Gasteiger partial charge < -0.3 is 9.64 Å². The maximum atomic E-state index is 6.79. The highest BCUT2D eigenvalue weighted by Gasteiger charge is 2.48.